The Bertz CT molecular complexity index is 235. The molecule has 1 saturated carbocycles. The van der Waals surface area contributed by atoms with E-state index in [9.17, 15) is 10.2 Å². The van der Waals surface area contributed by atoms with Gasteiger partial charge in [0.15, 0.2) is 0 Å². The highest BCUT2D eigenvalue weighted by Crippen LogP contribution is 2.28. The normalized spacial score (nSPS) is 26.3. The minimum absolute atomic E-state index is 0.131. The molecule has 0 spiro atoms. The average molecular weight is 257 g/mol. The van der Waals surface area contributed by atoms with Crippen molar-refractivity contribution in [2.45, 2.75) is 56.6 Å². The van der Waals surface area contributed by atoms with Crippen LogP contribution in [0.25, 0.3) is 0 Å². The van der Waals surface area contributed by atoms with Gasteiger partial charge in [0.05, 0.1) is 12.7 Å². The Labute approximate surface area is 110 Å². The first kappa shape index (κ1) is 14.3. The van der Waals surface area contributed by atoms with Crippen LogP contribution in [-0.2, 0) is 4.74 Å². The van der Waals surface area contributed by atoms with E-state index in [0.29, 0.717) is 25.7 Å². The highest BCUT2D eigenvalue weighted by Gasteiger charge is 2.32. The Morgan fingerprint density at radius 3 is 2.50 bits per heavy atom. The van der Waals surface area contributed by atoms with Crippen LogP contribution in [0.2, 0.25) is 0 Å². The topological polar surface area (TPSA) is 61.7 Å². The molecule has 0 aromatic rings. The van der Waals surface area contributed by atoms with E-state index in [1.165, 1.54) is 25.7 Å². The van der Waals surface area contributed by atoms with Crippen LogP contribution < -0.4 is 5.32 Å². The summed E-state index contributed by atoms with van der Waals surface area (Å²) in [6.07, 6.45) is 7.49. The van der Waals surface area contributed by atoms with Crippen molar-refractivity contribution < 1.29 is 14.9 Å². The number of β-amino-alcohol motifs (C(OH)–C–C–N with tert-alkyl or cyclic N) is 1. The first-order chi connectivity index (χ1) is 8.74. The van der Waals surface area contributed by atoms with Crippen molar-refractivity contribution in [2.24, 2.45) is 5.92 Å². The van der Waals surface area contributed by atoms with Crippen LogP contribution in [-0.4, -0.2) is 48.2 Å². The summed E-state index contributed by atoms with van der Waals surface area (Å²) in [7, 11) is 0. The van der Waals surface area contributed by atoms with Gasteiger partial charge in [0, 0.05) is 25.3 Å². The second-order valence-corrected chi connectivity index (χ2v) is 5.97. The van der Waals surface area contributed by atoms with Crippen molar-refractivity contribution in [3.63, 3.8) is 0 Å². The average Bonchev–Trinajstić information content (AvgIpc) is 2.90. The van der Waals surface area contributed by atoms with Crippen LogP contribution in [0, 0.1) is 5.92 Å². The van der Waals surface area contributed by atoms with Crippen molar-refractivity contribution in [3.05, 3.63) is 0 Å². The van der Waals surface area contributed by atoms with E-state index in [-0.39, 0.29) is 18.2 Å². The molecular weight excluding hydrogens is 230 g/mol. The molecule has 0 bridgehead atoms. The molecule has 4 heteroatoms. The van der Waals surface area contributed by atoms with Crippen molar-refractivity contribution in [3.8, 4) is 0 Å². The van der Waals surface area contributed by atoms with E-state index < -0.39 is 0 Å². The van der Waals surface area contributed by atoms with E-state index in [1.807, 2.05) is 0 Å². The molecule has 2 rings (SSSR count). The Hall–Kier alpha value is -0.160. The molecule has 1 atom stereocenters. The lowest BCUT2D eigenvalue weighted by Crippen LogP contribution is -2.54. The van der Waals surface area contributed by atoms with Crippen molar-refractivity contribution in [1.29, 1.82) is 0 Å². The number of hydrogen-bond donors (Lipinski definition) is 3. The highest BCUT2D eigenvalue weighted by atomic mass is 16.5. The molecule has 1 aliphatic carbocycles. The van der Waals surface area contributed by atoms with Crippen LogP contribution in [0.5, 0.6) is 0 Å². The summed E-state index contributed by atoms with van der Waals surface area (Å²) >= 11 is 0. The van der Waals surface area contributed by atoms with Crippen LogP contribution in [0.15, 0.2) is 0 Å². The first-order valence-corrected chi connectivity index (χ1v) is 7.36. The first-order valence-electron chi connectivity index (χ1n) is 7.36. The summed E-state index contributed by atoms with van der Waals surface area (Å²) in [5.74, 6) is 0.710. The van der Waals surface area contributed by atoms with Gasteiger partial charge >= 0.3 is 0 Å². The Morgan fingerprint density at radius 1 is 1.22 bits per heavy atom. The molecule has 0 radical (unpaired) electrons. The standard InChI is InChI=1S/C14H27NO3/c16-11-14(5-7-18-8-6-14)15-10-13(17)9-12-3-1-2-4-12/h12-13,15-17H,1-11H2. The maximum absolute atomic E-state index is 10.1. The minimum Gasteiger partial charge on any atom is -0.394 e. The van der Waals surface area contributed by atoms with Gasteiger partial charge in [0.2, 0.25) is 0 Å². The van der Waals surface area contributed by atoms with Gasteiger partial charge in [-0.1, -0.05) is 25.7 Å². The predicted octanol–water partition coefficient (Wildman–Crippen LogP) is 1.06. The molecule has 1 unspecified atom stereocenters. The van der Waals surface area contributed by atoms with Crippen molar-refractivity contribution in [2.75, 3.05) is 26.4 Å². The minimum atomic E-state index is -0.278. The summed E-state index contributed by atoms with van der Waals surface area (Å²) in [6, 6.07) is 0. The van der Waals surface area contributed by atoms with Crippen molar-refractivity contribution >= 4 is 0 Å². The molecule has 0 amide bonds. The summed E-state index contributed by atoms with van der Waals surface area (Å²) in [5.41, 5.74) is -0.227. The summed E-state index contributed by atoms with van der Waals surface area (Å²) in [4.78, 5) is 0. The third-order valence-corrected chi connectivity index (χ3v) is 4.55. The van der Waals surface area contributed by atoms with E-state index >= 15 is 0 Å². The molecule has 106 valence electrons. The molecule has 3 N–H and O–H groups in total. The SMILES string of the molecule is OCC1(NCC(O)CC2CCCC2)CCOCC1. The molecule has 2 aliphatic rings. The number of ether oxygens (including phenoxy) is 1. The zero-order valence-corrected chi connectivity index (χ0v) is 11.2. The molecule has 0 aromatic heterocycles. The van der Waals surface area contributed by atoms with E-state index in [2.05, 4.69) is 5.32 Å². The fourth-order valence-corrected chi connectivity index (χ4v) is 3.20. The van der Waals surface area contributed by atoms with Crippen molar-refractivity contribution in [1.82, 2.24) is 5.32 Å². The van der Waals surface area contributed by atoms with Gasteiger partial charge in [-0.25, -0.2) is 0 Å². The molecule has 2 fully saturated rings. The zero-order chi connectivity index (χ0) is 12.8. The quantitative estimate of drug-likeness (QED) is 0.666. The smallest absolute Gasteiger partial charge is 0.0667 e. The van der Waals surface area contributed by atoms with E-state index in [1.54, 1.807) is 0 Å². The van der Waals surface area contributed by atoms with Gasteiger partial charge in [0.1, 0.15) is 0 Å². The third kappa shape index (κ3) is 3.92. The van der Waals surface area contributed by atoms with E-state index in [4.69, 9.17) is 4.74 Å². The van der Waals surface area contributed by atoms with Crippen LogP contribution in [0.4, 0.5) is 0 Å². The molecule has 18 heavy (non-hydrogen) atoms. The highest BCUT2D eigenvalue weighted by molar-refractivity contribution is 4.90. The number of aliphatic hydroxyl groups is 2. The molecule has 1 aliphatic heterocycles. The maximum atomic E-state index is 10.1. The molecule has 1 heterocycles. The largest absolute Gasteiger partial charge is 0.394 e. The van der Waals surface area contributed by atoms with Crippen LogP contribution >= 0.6 is 0 Å². The summed E-state index contributed by atoms with van der Waals surface area (Å²) < 4.78 is 5.33. The Morgan fingerprint density at radius 2 is 1.89 bits per heavy atom. The monoisotopic (exact) mass is 257 g/mol. The second kappa shape index (κ2) is 6.85. The zero-order valence-electron chi connectivity index (χ0n) is 11.2. The Kier molecular flexibility index (Phi) is 5.42. The van der Waals surface area contributed by atoms with Gasteiger partial charge < -0.3 is 20.3 Å². The molecular formula is C14H27NO3. The second-order valence-electron chi connectivity index (χ2n) is 5.97. The third-order valence-electron chi connectivity index (χ3n) is 4.55. The molecule has 1 saturated heterocycles. The van der Waals surface area contributed by atoms with Gasteiger partial charge in [-0.2, -0.15) is 0 Å². The summed E-state index contributed by atoms with van der Waals surface area (Å²) in [5, 5.41) is 23.0. The number of rotatable bonds is 6. The molecule has 4 nitrogen and oxygen atoms in total. The Balaban J connectivity index is 1.71. The number of hydrogen-bond acceptors (Lipinski definition) is 4. The lowest BCUT2D eigenvalue weighted by atomic mass is 9.90. The van der Waals surface area contributed by atoms with Crippen LogP contribution in [0.3, 0.4) is 0 Å². The van der Waals surface area contributed by atoms with Gasteiger partial charge in [-0.15, -0.1) is 0 Å². The van der Waals surface area contributed by atoms with Crippen LogP contribution in [0.1, 0.15) is 44.9 Å². The van der Waals surface area contributed by atoms with E-state index in [0.717, 1.165) is 19.3 Å². The summed E-state index contributed by atoms with van der Waals surface area (Å²) in [6.45, 7) is 2.13. The predicted molar refractivity (Wildman–Crippen MR) is 70.5 cm³/mol. The fraction of sp³-hybridized carbons (Fsp3) is 1.00. The molecule has 0 aromatic carbocycles. The van der Waals surface area contributed by atoms with Gasteiger partial charge in [0.25, 0.3) is 0 Å². The van der Waals surface area contributed by atoms with Gasteiger partial charge in [-0.05, 0) is 25.2 Å². The number of nitrogens with one attached hydrogen (secondary N) is 1. The van der Waals surface area contributed by atoms with Gasteiger partial charge in [-0.3, -0.25) is 0 Å². The maximum Gasteiger partial charge on any atom is 0.0667 e. The number of aliphatic hydroxyl groups excluding tert-OH is 2. The lowest BCUT2D eigenvalue weighted by molar-refractivity contribution is 0.00493. The fourth-order valence-electron chi connectivity index (χ4n) is 3.20. The lowest BCUT2D eigenvalue weighted by Gasteiger charge is -2.37.